The highest BCUT2D eigenvalue weighted by Crippen LogP contribution is 2.78. The smallest absolute Gasteiger partial charge is 0.313 e. The van der Waals surface area contributed by atoms with Crippen LogP contribution in [0.15, 0.2) is 48.1 Å². The summed E-state index contributed by atoms with van der Waals surface area (Å²) in [5, 5.41) is 24.4. The minimum absolute atomic E-state index is 0.00275. The van der Waals surface area contributed by atoms with Crippen LogP contribution in [0, 0.1) is 44.3 Å². The van der Waals surface area contributed by atoms with Crippen molar-refractivity contribution in [3.05, 3.63) is 53.6 Å². The molecule has 11 atom stereocenters. The maximum Gasteiger partial charge on any atom is 0.313 e. The van der Waals surface area contributed by atoms with Crippen molar-refractivity contribution in [2.75, 3.05) is 26.8 Å². The van der Waals surface area contributed by atoms with Crippen LogP contribution in [-0.2, 0) is 19.1 Å². The fourth-order valence-electron chi connectivity index (χ4n) is 14.0. The van der Waals surface area contributed by atoms with E-state index in [-0.39, 0.29) is 47.6 Å². The number of Topliss-reactive ketones (excluding diaryl/α,β-unsaturated/α-hetero) is 1. The molecule has 4 saturated carbocycles. The van der Waals surface area contributed by atoms with Crippen LogP contribution in [0.25, 0.3) is 0 Å². The molecule has 1 amide bonds. The van der Waals surface area contributed by atoms with Crippen LogP contribution in [0.4, 0.5) is 0 Å². The van der Waals surface area contributed by atoms with Gasteiger partial charge in [0.15, 0.2) is 11.4 Å². The zero-order valence-electron chi connectivity index (χ0n) is 33.0. The topological polar surface area (TPSA) is 123 Å². The van der Waals surface area contributed by atoms with E-state index in [1.165, 1.54) is 0 Å². The van der Waals surface area contributed by atoms with Gasteiger partial charge in [0.25, 0.3) is 5.91 Å². The van der Waals surface area contributed by atoms with Crippen LogP contribution >= 0.6 is 0 Å². The fraction of sp³-hybridized carbons (Fsp3) is 0.711. The number of nitrogens with zero attached hydrogens (tertiary/aromatic N) is 1. The first-order valence-corrected chi connectivity index (χ1v) is 20.6. The number of aliphatic hydroxyl groups excluding tert-OH is 1. The third-order valence-electron chi connectivity index (χ3n) is 17.9. The summed E-state index contributed by atoms with van der Waals surface area (Å²) in [5.41, 5.74) is -4.43. The monoisotopic (exact) mass is 741 g/mol. The number of rotatable bonds is 8. The largest absolute Gasteiger partial charge is 0.497 e. The number of hydrogen-bond acceptors (Lipinski definition) is 8. The Bertz CT molecular complexity index is 1850. The maximum atomic E-state index is 15.1. The van der Waals surface area contributed by atoms with E-state index < -0.39 is 44.4 Å². The molecule has 9 nitrogen and oxygen atoms in total. The van der Waals surface area contributed by atoms with Crippen LogP contribution < -0.4 is 4.74 Å². The zero-order chi connectivity index (χ0) is 38.3. The van der Waals surface area contributed by atoms with Gasteiger partial charge in [0, 0.05) is 45.9 Å². The third-order valence-corrected chi connectivity index (χ3v) is 17.9. The Balaban J connectivity index is 1.12. The summed E-state index contributed by atoms with van der Waals surface area (Å²) >= 11 is 0. The second kappa shape index (κ2) is 11.5. The molecule has 1 aromatic rings. The van der Waals surface area contributed by atoms with Crippen molar-refractivity contribution in [1.82, 2.24) is 4.90 Å². The Labute approximate surface area is 319 Å². The van der Waals surface area contributed by atoms with Crippen LogP contribution in [0.5, 0.6) is 5.75 Å². The van der Waals surface area contributed by atoms with Gasteiger partial charge >= 0.3 is 5.97 Å². The molecule has 2 N–H and O–H groups in total. The van der Waals surface area contributed by atoms with Gasteiger partial charge < -0.3 is 29.3 Å². The van der Waals surface area contributed by atoms with Crippen LogP contribution in [-0.4, -0.2) is 83.0 Å². The highest BCUT2D eigenvalue weighted by molar-refractivity contribution is 6.10. The van der Waals surface area contributed by atoms with Gasteiger partial charge in [-0.25, -0.2) is 0 Å². The number of carbonyl (C=O) groups is 3. The third kappa shape index (κ3) is 4.30. The number of methoxy groups -OCH3 is 1. The molecule has 7 aliphatic carbocycles. The summed E-state index contributed by atoms with van der Waals surface area (Å²) in [6.07, 6.45) is 14.1. The first-order chi connectivity index (χ1) is 25.5. The van der Waals surface area contributed by atoms with Gasteiger partial charge in [-0.3, -0.25) is 14.4 Å². The normalized spacial score (nSPS) is 46.4. The SMILES string of the molecule is COc1ccc(C(=O)C2=CC34C=CC25C(CCC2(C)C5CCC2(O)CN(CC2CCCO2)C(=O)C25CCC(C)(C(=O)O2)C5(C)C)C3(C)CCC(O)C4)cc1. The number of ether oxygens (including phenoxy) is 3. The zero-order valence-corrected chi connectivity index (χ0v) is 33.0. The highest BCUT2D eigenvalue weighted by Gasteiger charge is 2.78. The molecule has 4 bridgehead atoms. The summed E-state index contributed by atoms with van der Waals surface area (Å²) in [4.78, 5) is 45.2. The Morgan fingerprint density at radius 1 is 0.907 bits per heavy atom. The number of ketones is 1. The summed E-state index contributed by atoms with van der Waals surface area (Å²) in [5.74, 6) is 0.256. The van der Waals surface area contributed by atoms with E-state index in [1.807, 2.05) is 49.9 Å². The van der Waals surface area contributed by atoms with Crippen molar-refractivity contribution in [1.29, 1.82) is 0 Å². The second-order valence-electron chi connectivity index (χ2n) is 19.9. The molecule has 2 aliphatic heterocycles. The lowest BCUT2D eigenvalue weighted by Gasteiger charge is -2.71. The number of esters is 1. The Hall–Kier alpha value is -3.01. The predicted octanol–water partition coefficient (Wildman–Crippen LogP) is 6.60. The second-order valence-corrected chi connectivity index (χ2v) is 19.9. The number of allylic oxidation sites excluding steroid dienone is 4. The van der Waals surface area contributed by atoms with Gasteiger partial charge in [-0.05, 0) is 119 Å². The van der Waals surface area contributed by atoms with E-state index >= 15 is 4.79 Å². The molecule has 2 saturated heterocycles. The summed E-state index contributed by atoms with van der Waals surface area (Å²) in [6.45, 7) is 11.6. The molecule has 2 heterocycles. The molecule has 1 aromatic carbocycles. The minimum Gasteiger partial charge on any atom is -0.497 e. The van der Waals surface area contributed by atoms with Crippen molar-refractivity contribution in [2.45, 2.75) is 129 Å². The molecule has 292 valence electrons. The number of carbonyl (C=O) groups excluding carboxylic acids is 3. The molecule has 9 aliphatic rings. The van der Waals surface area contributed by atoms with Gasteiger partial charge in [0.1, 0.15) is 5.75 Å². The molecular weight excluding hydrogens is 682 g/mol. The lowest BCUT2D eigenvalue weighted by atomic mass is 9.32. The van der Waals surface area contributed by atoms with E-state index in [1.54, 1.807) is 7.11 Å². The number of amides is 1. The highest BCUT2D eigenvalue weighted by atomic mass is 16.6. The maximum absolute atomic E-state index is 15.1. The average molecular weight is 742 g/mol. The lowest BCUT2D eigenvalue weighted by Crippen LogP contribution is -2.68. The number of fused-ring (bicyclic) bond motifs is 3. The van der Waals surface area contributed by atoms with Crippen LogP contribution in [0.3, 0.4) is 0 Å². The quantitative estimate of drug-likeness (QED) is 0.174. The van der Waals surface area contributed by atoms with Gasteiger partial charge in [0.05, 0.1) is 36.9 Å². The lowest BCUT2D eigenvalue weighted by molar-refractivity contribution is -0.188. The predicted molar refractivity (Wildman–Crippen MR) is 201 cm³/mol. The average Bonchev–Trinajstić information content (AvgIpc) is 3.85. The molecule has 2 spiro atoms. The van der Waals surface area contributed by atoms with E-state index in [4.69, 9.17) is 14.2 Å². The molecule has 6 fully saturated rings. The van der Waals surface area contributed by atoms with E-state index in [0.717, 1.165) is 44.1 Å². The van der Waals surface area contributed by atoms with Crippen LogP contribution in [0.2, 0.25) is 0 Å². The van der Waals surface area contributed by atoms with E-state index in [0.29, 0.717) is 56.6 Å². The number of benzene rings is 1. The van der Waals surface area contributed by atoms with Gasteiger partial charge in [-0.15, -0.1) is 0 Å². The van der Waals surface area contributed by atoms with E-state index in [2.05, 4.69) is 32.1 Å². The summed E-state index contributed by atoms with van der Waals surface area (Å²) in [6, 6.07) is 7.36. The number of aliphatic hydroxyl groups is 2. The first-order valence-electron chi connectivity index (χ1n) is 20.6. The standard InChI is InChI=1S/C45H59NO8/c1-38(2)41(5)19-22-45(38,54-37(41)50)36(49)46(26-31-8-7-23-53-31)27-43(51)18-15-34-40(43,4)17-14-33-39(3)16-13-29(47)24-42(39)20-21-44(33,34)32(25-42)35(48)28-9-11-30(52-6)12-10-28/h9-12,20-21,25,29,31,33-34,47,51H,7-8,13-19,22-24,26-27H2,1-6H3. The Morgan fingerprint density at radius 2 is 1.61 bits per heavy atom. The van der Waals surface area contributed by atoms with Crippen molar-refractivity contribution in [2.24, 2.45) is 44.3 Å². The minimum atomic E-state index is -1.29. The first kappa shape index (κ1) is 36.6. The molecule has 11 unspecified atom stereocenters. The van der Waals surface area contributed by atoms with Gasteiger partial charge in [0.2, 0.25) is 0 Å². The molecule has 54 heavy (non-hydrogen) atoms. The molecule has 9 heteroatoms. The van der Waals surface area contributed by atoms with Gasteiger partial charge in [-0.2, -0.15) is 0 Å². The van der Waals surface area contributed by atoms with Crippen molar-refractivity contribution < 1.29 is 38.8 Å². The number of hydrogen-bond donors (Lipinski definition) is 2. The van der Waals surface area contributed by atoms with Crippen molar-refractivity contribution >= 4 is 17.7 Å². The molecular formula is C45H59NO8. The van der Waals surface area contributed by atoms with Crippen molar-refractivity contribution in [3.63, 3.8) is 0 Å². The fourth-order valence-corrected chi connectivity index (χ4v) is 14.0. The van der Waals surface area contributed by atoms with Crippen molar-refractivity contribution in [3.8, 4) is 5.75 Å². The molecule has 0 radical (unpaired) electrons. The summed E-state index contributed by atoms with van der Waals surface area (Å²) in [7, 11) is 1.62. The van der Waals surface area contributed by atoms with E-state index in [9.17, 15) is 19.8 Å². The van der Waals surface area contributed by atoms with Gasteiger partial charge in [-0.1, -0.05) is 45.9 Å². The molecule has 0 aromatic heterocycles. The Kier molecular flexibility index (Phi) is 7.82. The molecule has 10 rings (SSSR count). The van der Waals surface area contributed by atoms with Crippen LogP contribution in [0.1, 0.15) is 116 Å². The summed E-state index contributed by atoms with van der Waals surface area (Å²) < 4.78 is 17.7. The Morgan fingerprint density at radius 3 is 2.26 bits per heavy atom.